The Hall–Kier alpha value is -0.870. The van der Waals surface area contributed by atoms with E-state index in [2.05, 4.69) is 19.8 Å². The monoisotopic (exact) mass is 234 g/mol. The Morgan fingerprint density at radius 1 is 1.29 bits per heavy atom. The molecule has 3 heterocycles. The molecule has 2 unspecified atom stereocenters. The molecule has 4 nitrogen and oxygen atoms in total. The van der Waals surface area contributed by atoms with Crippen LogP contribution in [0.3, 0.4) is 0 Å². The third-order valence-electron chi connectivity index (χ3n) is 4.16. The molecule has 94 valence electrons. The van der Waals surface area contributed by atoms with Crippen LogP contribution >= 0.6 is 0 Å². The van der Waals surface area contributed by atoms with Gasteiger partial charge in [0.05, 0.1) is 6.33 Å². The number of fused-ring (bicyclic) bond motifs is 1. The van der Waals surface area contributed by atoms with Crippen molar-refractivity contribution in [3.63, 3.8) is 0 Å². The fraction of sp³-hybridized carbons (Fsp3) is 0.769. The fourth-order valence-electron chi connectivity index (χ4n) is 3.29. The Bertz CT molecular complexity index is 335. The molecule has 17 heavy (non-hydrogen) atoms. The summed E-state index contributed by atoms with van der Waals surface area (Å²) < 4.78 is 2.15. The summed E-state index contributed by atoms with van der Waals surface area (Å²) in [4.78, 5) is 6.72. The van der Waals surface area contributed by atoms with E-state index in [1.807, 2.05) is 18.7 Å². The first-order valence-corrected chi connectivity index (χ1v) is 6.87. The van der Waals surface area contributed by atoms with E-state index in [9.17, 15) is 0 Å². The molecule has 4 heteroatoms. The van der Waals surface area contributed by atoms with Crippen LogP contribution in [0.1, 0.15) is 25.7 Å². The van der Waals surface area contributed by atoms with Crippen LogP contribution in [-0.4, -0.2) is 46.2 Å². The van der Waals surface area contributed by atoms with Crippen LogP contribution in [0.15, 0.2) is 18.7 Å². The summed E-state index contributed by atoms with van der Waals surface area (Å²) in [6, 6.07) is 1.59. The second-order valence-corrected chi connectivity index (χ2v) is 5.25. The highest BCUT2D eigenvalue weighted by atomic mass is 15.2. The molecular formula is C13H22N4. The van der Waals surface area contributed by atoms with Gasteiger partial charge in [0.15, 0.2) is 0 Å². The topological polar surface area (TPSA) is 33.1 Å². The largest absolute Gasteiger partial charge is 0.337 e. The molecule has 1 aromatic heterocycles. The first-order chi connectivity index (χ1) is 8.43. The van der Waals surface area contributed by atoms with Crippen LogP contribution in [0, 0.1) is 0 Å². The second-order valence-electron chi connectivity index (χ2n) is 5.25. The van der Waals surface area contributed by atoms with Gasteiger partial charge in [-0.15, -0.1) is 0 Å². The minimum atomic E-state index is 0.750. The lowest BCUT2D eigenvalue weighted by Gasteiger charge is -2.21. The first kappa shape index (κ1) is 11.2. The van der Waals surface area contributed by atoms with E-state index in [-0.39, 0.29) is 0 Å². The summed E-state index contributed by atoms with van der Waals surface area (Å²) in [5, 5.41) is 3.74. The molecule has 1 aromatic rings. The summed E-state index contributed by atoms with van der Waals surface area (Å²) in [6.45, 7) is 4.85. The molecule has 0 bridgehead atoms. The molecule has 2 aliphatic heterocycles. The van der Waals surface area contributed by atoms with Crippen molar-refractivity contribution in [1.29, 1.82) is 0 Å². The van der Waals surface area contributed by atoms with Gasteiger partial charge in [-0.1, -0.05) is 0 Å². The van der Waals surface area contributed by atoms with E-state index in [0.29, 0.717) is 0 Å². The van der Waals surface area contributed by atoms with Crippen molar-refractivity contribution in [2.45, 2.75) is 44.3 Å². The highest BCUT2D eigenvalue weighted by Crippen LogP contribution is 2.27. The van der Waals surface area contributed by atoms with Gasteiger partial charge in [-0.05, 0) is 38.8 Å². The number of nitrogens with one attached hydrogen (secondary N) is 1. The predicted molar refractivity (Wildman–Crippen MR) is 67.8 cm³/mol. The van der Waals surface area contributed by atoms with Crippen LogP contribution in [0.2, 0.25) is 0 Å². The molecule has 2 aliphatic rings. The average molecular weight is 234 g/mol. The van der Waals surface area contributed by atoms with Crippen molar-refractivity contribution in [3.8, 4) is 0 Å². The van der Waals surface area contributed by atoms with E-state index in [0.717, 1.165) is 25.2 Å². The molecule has 0 aliphatic carbocycles. The molecule has 0 radical (unpaired) electrons. The summed E-state index contributed by atoms with van der Waals surface area (Å²) >= 11 is 0. The van der Waals surface area contributed by atoms with Crippen LogP contribution < -0.4 is 5.32 Å². The smallest absolute Gasteiger partial charge is 0.0945 e. The van der Waals surface area contributed by atoms with E-state index in [4.69, 9.17) is 0 Å². The van der Waals surface area contributed by atoms with Crippen LogP contribution in [0.4, 0.5) is 0 Å². The van der Waals surface area contributed by atoms with Crippen molar-refractivity contribution in [1.82, 2.24) is 19.8 Å². The van der Waals surface area contributed by atoms with Crippen LogP contribution in [0.5, 0.6) is 0 Å². The highest BCUT2D eigenvalue weighted by Gasteiger charge is 2.36. The SMILES string of the molecule is c1cn(CCCNC2CCN3CCCC23)cn1. The van der Waals surface area contributed by atoms with E-state index in [1.165, 1.54) is 38.8 Å². The number of hydrogen-bond acceptors (Lipinski definition) is 3. The average Bonchev–Trinajstić information content (AvgIpc) is 3.03. The van der Waals surface area contributed by atoms with Gasteiger partial charge in [0.2, 0.25) is 0 Å². The van der Waals surface area contributed by atoms with Crippen molar-refractivity contribution in [3.05, 3.63) is 18.7 Å². The molecule has 2 fully saturated rings. The van der Waals surface area contributed by atoms with Gasteiger partial charge in [0, 0.05) is 37.6 Å². The van der Waals surface area contributed by atoms with Gasteiger partial charge in [0.25, 0.3) is 0 Å². The third kappa shape index (κ3) is 2.53. The van der Waals surface area contributed by atoms with Gasteiger partial charge < -0.3 is 9.88 Å². The minimum absolute atomic E-state index is 0.750. The number of rotatable bonds is 5. The first-order valence-electron chi connectivity index (χ1n) is 6.87. The van der Waals surface area contributed by atoms with Crippen LogP contribution in [-0.2, 0) is 6.54 Å². The molecule has 2 saturated heterocycles. The number of nitrogens with zero attached hydrogens (tertiary/aromatic N) is 3. The Kier molecular flexibility index (Phi) is 3.43. The standard InChI is InChI=1S/C13H22N4/c1-3-13-12(4-9-17(13)8-1)15-5-2-7-16-10-6-14-11-16/h6,10-13,15H,1-5,7-9H2. The maximum absolute atomic E-state index is 4.06. The maximum atomic E-state index is 4.06. The van der Waals surface area contributed by atoms with Gasteiger partial charge in [0.1, 0.15) is 0 Å². The molecule has 2 atom stereocenters. The molecule has 3 rings (SSSR count). The summed E-state index contributed by atoms with van der Waals surface area (Å²) in [5.41, 5.74) is 0. The number of aromatic nitrogens is 2. The van der Waals surface area contributed by atoms with Gasteiger partial charge in [-0.3, -0.25) is 4.90 Å². The Morgan fingerprint density at radius 3 is 3.18 bits per heavy atom. The molecule has 0 amide bonds. The Balaban J connectivity index is 1.37. The van der Waals surface area contributed by atoms with E-state index < -0.39 is 0 Å². The molecule has 0 saturated carbocycles. The minimum Gasteiger partial charge on any atom is -0.337 e. The molecular weight excluding hydrogens is 212 g/mol. The lowest BCUT2D eigenvalue weighted by atomic mass is 10.1. The second kappa shape index (κ2) is 5.19. The number of hydrogen-bond donors (Lipinski definition) is 1. The van der Waals surface area contributed by atoms with Gasteiger partial charge in [-0.2, -0.15) is 0 Å². The predicted octanol–water partition coefficient (Wildman–Crippen LogP) is 1.10. The van der Waals surface area contributed by atoms with Gasteiger partial charge in [-0.25, -0.2) is 4.98 Å². The van der Waals surface area contributed by atoms with Crippen LogP contribution in [0.25, 0.3) is 0 Å². The lowest BCUT2D eigenvalue weighted by Crippen LogP contribution is -2.39. The van der Waals surface area contributed by atoms with E-state index >= 15 is 0 Å². The summed E-state index contributed by atoms with van der Waals surface area (Å²) in [5.74, 6) is 0. The summed E-state index contributed by atoms with van der Waals surface area (Å²) in [6.07, 6.45) is 11.1. The quantitative estimate of drug-likeness (QED) is 0.775. The van der Waals surface area contributed by atoms with Crippen molar-refractivity contribution in [2.24, 2.45) is 0 Å². The van der Waals surface area contributed by atoms with Crippen molar-refractivity contribution < 1.29 is 0 Å². The normalized spacial score (nSPS) is 28.7. The third-order valence-corrected chi connectivity index (χ3v) is 4.16. The zero-order valence-electron chi connectivity index (χ0n) is 10.4. The summed E-state index contributed by atoms with van der Waals surface area (Å²) in [7, 11) is 0. The Morgan fingerprint density at radius 2 is 2.29 bits per heavy atom. The van der Waals surface area contributed by atoms with Crippen molar-refractivity contribution in [2.75, 3.05) is 19.6 Å². The zero-order valence-corrected chi connectivity index (χ0v) is 10.4. The highest BCUT2D eigenvalue weighted by molar-refractivity contribution is 4.95. The molecule has 1 N–H and O–H groups in total. The Labute approximate surface area is 103 Å². The van der Waals surface area contributed by atoms with Crippen molar-refractivity contribution >= 4 is 0 Å². The van der Waals surface area contributed by atoms with Gasteiger partial charge >= 0.3 is 0 Å². The number of aryl methyl sites for hydroxylation is 1. The maximum Gasteiger partial charge on any atom is 0.0945 e. The number of imidazole rings is 1. The molecule has 0 spiro atoms. The fourth-order valence-corrected chi connectivity index (χ4v) is 3.29. The van der Waals surface area contributed by atoms with E-state index in [1.54, 1.807) is 0 Å². The lowest BCUT2D eigenvalue weighted by molar-refractivity contribution is 0.298. The molecule has 0 aromatic carbocycles. The zero-order chi connectivity index (χ0) is 11.5.